The van der Waals surface area contributed by atoms with Gasteiger partial charge in [0, 0.05) is 18.2 Å². The van der Waals surface area contributed by atoms with Gasteiger partial charge in [-0.05, 0) is 31.2 Å². The summed E-state index contributed by atoms with van der Waals surface area (Å²) >= 11 is 0. The number of nitrogens with one attached hydrogen (secondary N) is 1. The van der Waals surface area contributed by atoms with Gasteiger partial charge in [0.25, 0.3) is 0 Å². The molecule has 4 heteroatoms. The molecule has 0 radical (unpaired) electrons. The molecule has 2 aromatic rings. The predicted octanol–water partition coefficient (Wildman–Crippen LogP) is 2.50. The van der Waals surface area contributed by atoms with E-state index in [1.165, 1.54) is 0 Å². The number of nitrogens with zero attached hydrogens (tertiary/aromatic N) is 2. The van der Waals surface area contributed by atoms with E-state index in [9.17, 15) is 0 Å². The zero-order valence-electron chi connectivity index (χ0n) is 10.2. The summed E-state index contributed by atoms with van der Waals surface area (Å²) in [5.74, 6) is 1.69. The smallest absolute Gasteiger partial charge is 0.132 e. The molecular weight excluding hydrogens is 214 g/mol. The molecule has 0 aliphatic carbocycles. The van der Waals surface area contributed by atoms with Crippen LogP contribution in [0.25, 0.3) is 11.3 Å². The molecule has 1 aromatic heterocycles. The molecule has 1 aromatic carbocycles. The standard InChI is InChI=1S/C13H15N3O/c1-9-12(15-8-16-13(9)14-2)10-4-6-11(17-3)7-5-10/h4-8H,1-3H3,(H,14,15,16). The Labute approximate surface area is 101 Å². The molecule has 0 amide bonds. The molecule has 0 atom stereocenters. The number of ether oxygens (including phenoxy) is 1. The van der Waals surface area contributed by atoms with Crippen molar-refractivity contribution in [2.24, 2.45) is 0 Å². The molecule has 0 fully saturated rings. The third-order valence-electron chi connectivity index (χ3n) is 2.68. The van der Waals surface area contributed by atoms with Crippen LogP contribution >= 0.6 is 0 Å². The van der Waals surface area contributed by atoms with E-state index in [1.54, 1.807) is 13.4 Å². The molecule has 1 N–H and O–H groups in total. The van der Waals surface area contributed by atoms with Crippen LogP contribution in [0.4, 0.5) is 5.82 Å². The quantitative estimate of drug-likeness (QED) is 0.878. The average Bonchev–Trinajstić information content (AvgIpc) is 2.39. The number of hydrogen-bond acceptors (Lipinski definition) is 4. The van der Waals surface area contributed by atoms with Crippen molar-refractivity contribution in [2.75, 3.05) is 19.5 Å². The Hall–Kier alpha value is -2.10. The van der Waals surface area contributed by atoms with Crippen LogP contribution in [0.5, 0.6) is 5.75 Å². The Kier molecular flexibility index (Phi) is 3.23. The summed E-state index contributed by atoms with van der Waals surface area (Å²) in [6.07, 6.45) is 1.57. The SMILES string of the molecule is CNc1ncnc(-c2ccc(OC)cc2)c1C. The molecule has 4 nitrogen and oxygen atoms in total. The number of rotatable bonds is 3. The summed E-state index contributed by atoms with van der Waals surface area (Å²) in [4.78, 5) is 8.49. The molecule has 0 aliphatic rings. The molecule has 0 bridgehead atoms. The minimum absolute atomic E-state index is 0.842. The largest absolute Gasteiger partial charge is 0.497 e. The van der Waals surface area contributed by atoms with E-state index >= 15 is 0 Å². The molecule has 0 spiro atoms. The molecule has 88 valence electrons. The van der Waals surface area contributed by atoms with Crippen LogP contribution in [-0.2, 0) is 0 Å². The van der Waals surface area contributed by atoms with Crippen LogP contribution in [0.15, 0.2) is 30.6 Å². The summed E-state index contributed by atoms with van der Waals surface area (Å²) in [6.45, 7) is 2.01. The van der Waals surface area contributed by atoms with E-state index in [0.717, 1.165) is 28.4 Å². The van der Waals surface area contributed by atoms with Crippen LogP contribution in [0.2, 0.25) is 0 Å². The second-order valence-corrected chi connectivity index (χ2v) is 3.67. The van der Waals surface area contributed by atoms with Gasteiger partial charge < -0.3 is 10.1 Å². The second kappa shape index (κ2) is 4.82. The monoisotopic (exact) mass is 229 g/mol. The fourth-order valence-electron chi connectivity index (χ4n) is 1.74. The van der Waals surface area contributed by atoms with Crippen LogP contribution in [-0.4, -0.2) is 24.1 Å². The lowest BCUT2D eigenvalue weighted by Crippen LogP contribution is -1.99. The van der Waals surface area contributed by atoms with E-state index < -0.39 is 0 Å². The van der Waals surface area contributed by atoms with Crippen LogP contribution in [0.3, 0.4) is 0 Å². The van der Waals surface area contributed by atoms with Gasteiger partial charge in [0.1, 0.15) is 17.9 Å². The van der Waals surface area contributed by atoms with E-state index in [1.807, 2.05) is 38.2 Å². The van der Waals surface area contributed by atoms with Gasteiger partial charge in [-0.1, -0.05) is 0 Å². The van der Waals surface area contributed by atoms with Gasteiger partial charge in [-0.2, -0.15) is 0 Å². The molecular formula is C13H15N3O. The summed E-state index contributed by atoms with van der Waals surface area (Å²) in [6, 6.07) is 7.84. The Morgan fingerprint density at radius 1 is 1.12 bits per heavy atom. The van der Waals surface area contributed by atoms with Gasteiger partial charge >= 0.3 is 0 Å². The minimum atomic E-state index is 0.842. The summed E-state index contributed by atoms with van der Waals surface area (Å²) in [5, 5.41) is 3.05. The Morgan fingerprint density at radius 3 is 2.41 bits per heavy atom. The maximum absolute atomic E-state index is 5.14. The minimum Gasteiger partial charge on any atom is -0.497 e. The highest BCUT2D eigenvalue weighted by Crippen LogP contribution is 2.25. The lowest BCUT2D eigenvalue weighted by Gasteiger charge is -2.09. The number of methoxy groups -OCH3 is 1. The number of aromatic nitrogens is 2. The fourth-order valence-corrected chi connectivity index (χ4v) is 1.74. The van der Waals surface area contributed by atoms with Crippen LogP contribution < -0.4 is 10.1 Å². The zero-order valence-corrected chi connectivity index (χ0v) is 10.2. The van der Waals surface area contributed by atoms with Crippen molar-refractivity contribution in [3.63, 3.8) is 0 Å². The summed E-state index contributed by atoms with van der Waals surface area (Å²) in [5.41, 5.74) is 3.04. The lowest BCUT2D eigenvalue weighted by molar-refractivity contribution is 0.415. The molecule has 0 unspecified atom stereocenters. The van der Waals surface area contributed by atoms with Gasteiger partial charge in [0.2, 0.25) is 0 Å². The number of hydrogen-bond donors (Lipinski definition) is 1. The second-order valence-electron chi connectivity index (χ2n) is 3.67. The highest BCUT2D eigenvalue weighted by molar-refractivity contribution is 5.68. The van der Waals surface area contributed by atoms with Crippen molar-refractivity contribution in [1.82, 2.24) is 9.97 Å². The molecule has 0 aliphatic heterocycles. The number of anilines is 1. The van der Waals surface area contributed by atoms with Gasteiger partial charge in [0.05, 0.1) is 12.8 Å². The molecule has 2 rings (SSSR count). The van der Waals surface area contributed by atoms with Crippen LogP contribution in [0, 0.1) is 6.92 Å². The normalized spacial score (nSPS) is 10.1. The fraction of sp³-hybridized carbons (Fsp3) is 0.231. The first-order chi connectivity index (χ1) is 8.26. The maximum atomic E-state index is 5.14. The van der Waals surface area contributed by atoms with Crippen molar-refractivity contribution in [3.05, 3.63) is 36.2 Å². The molecule has 17 heavy (non-hydrogen) atoms. The topological polar surface area (TPSA) is 47.0 Å². The maximum Gasteiger partial charge on any atom is 0.132 e. The zero-order chi connectivity index (χ0) is 12.3. The van der Waals surface area contributed by atoms with Crippen molar-refractivity contribution in [1.29, 1.82) is 0 Å². The predicted molar refractivity (Wildman–Crippen MR) is 68.3 cm³/mol. The first-order valence-electron chi connectivity index (χ1n) is 5.40. The third kappa shape index (κ3) is 2.20. The van der Waals surface area contributed by atoms with E-state index in [0.29, 0.717) is 0 Å². The van der Waals surface area contributed by atoms with E-state index in [2.05, 4.69) is 15.3 Å². The highest BCUT2D eigenvalue weighted by Gasteiger charge is 2.07. The Balaban J connectivity index is 2.45. The Bertz CT molecular complexity index is 509. The van der Waals surface area contributed by atoms with Gasteiger partial charge in [-0.3, -0.25) is 0 Å². The Morgan fingerprint density at radius 2 is 1.82 bits per heavy atom. The molecule has 1 heterocycles. The third-order valence-corrected chi connectivity index (χ3v) is 2.68. The lowest BCUT2D eigenvalue weighted by atomic mass is 10.1. The van der Waals surface area contributed by atoms with Gasteiger partial charge in [-0.25, -0.2) is 9.97 Å². The number of benzene rings is 1. The first-order valence-corrected chi connectivity index (χ1v) is 5.40. The van der Waals surface area contributed by atoms with Gasteiger partial charge in [-0.15, -0.1) is 0 Å². The average molecular weight is 229 g/mol. The van der Waals surface area contributed by atoms with Crippen molar-refractivity contribution >= 4 is 5.82 Å². The van der Waals surface area contributed by atoms with Crippen molar-refractivity contribution in [2.45, 2.75) is 6.92 Å². The van der Waals surface area contributed by atoms with E-state index in [-0.39, 0.29) is 0 Å². The van der Waals surface area contributed by atoms with Crippen molar-refractivity contribution in [3.8, 4) is 17.0 Å². The van der Waals surface area contributed by atoms with Crippen molar-refractivity contribution < 1.29 is 4.74 Å². The van der Waals surface area contributed by atoms with Gasteiger partial charge in [0.15, 0.2) is 0 Å². The molecule has 0 saturated heterocycles. The first kappa shape index (κ1) is 11.4. The molecule has 0 saturated carbocycles. The van der Waals surface area contributed by atoms with E-state index in [4.69, 9.17) is 4.74 Å². The summed E-state index contributed by atoms with van der Waals surface area (Å²) < 4.78 is 5.14. The highest BCUT2D eigenvalue weighted by atomic mass is 16.5. The van der Waals surface area contributed by atoms with Crippen LogP contribution in [0.1, 0.15) is 5.56 Å². The summed E-state index contributed by atoms with van der Waals surface area (Å²) in [7, 11) is 3.51.